The Morgan fingerprint density at radius 3 is 2.76 bits per heavy atom. The van der Waals surface area contributed by atoms with E-state index >= 15 is 0 Å². The van der Waals surface area contributed by atoms with Crippen LogP contribution in [-0.4, -0.2) is 23.6 Å². The van der Waals surface area contributed by atoms with Crippen molar-refractivity contribution in [2.45, 2.75) is 18.1 Å². The van der Waals surface area contributed by atoms with E-state index in [9.17, 15) is 12.8 Å². The summed E-state index contributed by atoms with van der Waals surface area (Å²) in [5, 5.41) is 7.65. The fourth-order valence-electron chi connectivity index (χ4n) is 2.01. The highest BCUT2D eigenvalue weighted by Crippen LogP contribution is 2.27. The van der Waals surface area contributed by atoms with Crippen molar-refractivity contribution >= 4 is 38.1 Å². The molecule has 0 spiro atoms. The Balaban J connectivity index is 2.03. The number of anilines is 1. The predicted octanol–water partition coefficient (Wildman–Crippen LogP) is 2.58. The number of nitrogens with one attached hydrogen (secondary N) is 2. The third kappa shape index (κ3) is 2.49. The van der Waals surface area contributed by atoms with Gasteiger partial charge in [-0.05, 0) is 32.0 Å². The zero-order valence-electron chi connectivity index (χ0n) is 11.1. The molecule has 1 aromatic carbocycles. The van der Waals surface area contributed by atoms with Crippen molar-refractivity contribution in [3.8, 4) is 0 Å². The van der Waals surface area contributed by atoms with E-state index in [1.165, 1.54) is 18.2 Å². The molecule has 0 aliphatic carbocycles. The highest BCUT2D eigenvalue weighted by atomic mass is 32.2. The van der Waals surface area contributed by atoms with Gasteiger partial charge in [0.25, 0.3) is 10.0 Å². The van der Waals surface area contributed by atoms with Crippen molar-refractivity contribution < 1.29 is 12.8 Å². The number of benzene rings is 1. The van der Waals surface area contributed by atoms with Crippen molar-refractivity contribution in [3.05, 3.63) is 34.7 Å². The molecule has 0 amide bonds. The van der Waals surface area contributed by atoms with Crippen molar-refractivity contribution in [3.63, 3.8) is 0 Å². The summed E-state index contributed by atoms with van der Waals surface area (Å²) in [5.74, 6) is -0.287. The first-order valence-electron chi connectivity index (χ1n) is 5.97. The molecule has 0 radical (unpaired) electrons. The number of rotatable bonds is 3. The lowest BCUT2D eigenvalue weighted by molar-refractivity contribution is 0.602. The predicted molar refractivity (Wildman–Crippen MR) is 78.4 cm³/mol. The van der Waals surface area contributed by atoms with Crippen LogP contribution in [-0.2, 0) is 10.0 Å². The fraction of sp³-hybridized carbons (Fsp3) is 0.167. The first-order chi connectivity index (χ1) is 9.87. The van der Waals surface area contributed by atoms with Crippen LogP contribution in [0.2, 0.25) is 0 Å². The number of aromatic amines is 1. The Bertz CT molecular complexity index is 930. The molecule has 0 saturated heterocycles. The SMILES string of the molecule is Cc1nc(C)c(S(=O)(=O)Nc2n[nH]c3cc(F)ccc23)s1. The Labute approximate surface area is 124 Å². The van der Waals surface area contributed by atoms with Gasteiger partial charge >= 0.3 is 0 Å². The van der Waals surface area contributed by atoms with E-state index in [-0.39, 0.29) is 10.0 Å². The van der Waals surface area contributed by atoms with Gasteiger partial charge in [-0.3, -0.25) is 9.82 Å². The third-order valence-corrected chi connectivity index (χ3v) is 5.88. The maximum atomic E-state index is 13.1. The van der Waals surface area contributed by atoms with E-state index in [1.54, 1.807) is 13.8 Å². The smallest absolute Gasteiger partial charge is 0.274 e. The number of halogens is 1. The lowest BCUT2D eigenvalue weighted by atomic mass is 10.2. The highest BCUT2D eigenvalue weighted by Gasteiger charge is 2.23. The van der Waals surface area contributed by atoms with Gasteiger partial charge in [0, 0.05) is 5.39 Å². The minimum atomic E-state index is -3.76. The van der Waals surface area contributed by atoms with Crippen LogP contribution in [0.3, 0.4) is 0 Å². The normalized spacial score (nSPS) is 12.0. The Morgan fingerprint density at radius 1 is 1.33 bits per heavy atom. The zero-order chi connectivity index (χ0) is 15.2. The van der Waals surface area contributed by atoms with E-state index < -0.39 is 15.8 Å². The Hall–Kier alpha value is -2.00. The number of nitrogens with zero attached hydrogens (tertiary/aromatic N) is 2. The molecule has 0 aliphatic heterocycles. The van der Waals surface area contributed by atoms with Crippen LogP contribution < -0.4 is 4.72 Å². The molecule has 0 saturated carbocycles. The molecule has 0 atom stereocenters. The summed E-state index contributed by atoms with van der Waals surface area (Å²) >= 11 is 1.09. The largest absolute Gasteiger partial charge is 0.276 e. The average Bonchev–Trinajstić information content (AvgIpc) is 2.93. The molecule has 3 aromatic rings. The number of hydrogen-bond donors (Lipinski definition) is 2. The second-order valence-electron chi connectivity index (χ2n) is 4.47. The summed E-state index contributed by atoms with van der Waals surface area (Å²) in [6.07, 6.45) is 0. The van der Waals surface area contributed by atoms with Crippen molar-refractivity contribution in [1.82, 2.24) is 15.2 Å². The number of aryl methyl sites for hydroxylation is 2. The van der Waals surface area contributed by atoms with Gasteiger partial charge in [0.2, 0.25) is 0 Å². The molecular weight excluding hydrogens is 315 g/mol. The van der Waals surface area contributed by atoms with Gasteiger partial charge in [0.05, 0.1) is 16.2 Å². The molecule has 3 rings (SSSR count). The molecule has 0 unspecified atom stereocenters. The first kappa shape index (κ1) is 14.0. The van der Waals surface area contributed by atoms with Crippen LogP contribution >= 0.6 is 11.3 Å². The molecule has 6 nitrogen and oxygen atoms in total. The summed E-state index contributed by atoms with van der Waals surface area (Å²) in [6.45, 7) is 3.37. The molecular formula is C12H11FN4O2S2. The summed E-state index contributed by atoms with van der Waals surface area (Å²) < 4.78 is 40.4. The van der Waals surface area contributed by atoms with Gasteiger partial charge < -0.3 is 0 Å². The van der Waals surface area contributed by atoms with Crippen molar-refractivity contribution in [2.24, 2.45) is 0 Å². The highest BCUT2D eigenvalue weighted by molar-refractivity contribution is 7.94. The summed E-state index contributed by atoms with van der Waals surface area (Å²) in [5.41, 5.74) is 0.862. The van der Waals surface area contributed by atoms with Crippen LogP contribution in [0.4, 0.5) is 10.2 Å². The minimum absolute atomic E-state index is 0.135. The average molecular weight is 326 g/mol. The summed E-state index contributed by atoms with van der Waals surface area (Å²) in [6, 6.07) is 3.97. The fourth-order valence-corrected chi connectivity index (χ4v) is 4.51. The number of sulfonamides is 1. The van der Waals surface area contributed by atoms with Crippen LogP contribution in [0.1, 0.15) is 10.7 Å². The maximum absolute atomic E-state index is 13.1. The molecule has 9 heteroatoms. The molecule has 0 bridgehead atoms. The molecule has 21 heavy (non-hydrogen) atoms. The van der Waals surface area contributed by atoms with Crippen LogP contribution in [0, 0.1) is 19.7 Å². The van der Waals surface area contributed by atoms with E-state index in [0.29, 0.717) is 21.6 Å². The summed E-state index contributed by atoms with van der Waals surface area (Å²) in [7, 11) is -3.76. The standard InChI is InChI=1S/C12H11FN4O2S2/c1-6-12(20-7(2)14-6)21(18,19)17-11-9-4-3-8(13)5-10(9)15-16-11/h3-5H,1-2H3,(H2,15,16,17). The molecule has 110 valence electrons. The number of aromatic nitrogens is 3. The van der Waals surface area contributed by atoms with E-state index in [1.807, 2.05) is 0 Å². The van der Waals surface area contributed by atoms with E-state index in [0.717, 1.165) is 11.3 Å². The maximum Gasteiger partial charge on any atom is 0.274 e. The second-order valence-corrected chi connectivity index (χ2v) is 7.55. The number of thiazole rings is 1. The molecule has 0 aliphatic rings. The molecule has 2 aromatic heterocycles. The van der Waals surface area contributed by atoms with Crippen LogP contribution in [0.5, 0.6) is 0 Å². The van der Waals surface area contributed by atoms with Gasteiger partial charge in [-0.2, -0.15) is 5.10 Å². The van der Waals surface area contributed by atoms with Gasteiger partial charge in [-0.1, -0.05) is 0 Å². The summed E-state index contributed by atoms with van der Waals surface area (Å²) in [4.78, 5) is 4.10. The van der Waals surface area contributed by atoms with Gasteiger partial charge in [0.15, 0.2) is 10.0 Å². The van der Waals surface area contributed by atoms with E-state index in [4.69, 9.17) is 0 Å². The van der Waals surface area contributed by atoms with Gasteiger partial charge in [0.1, 0.15) is 5.82 Å². The Kier molecular flexibility index (Phi) is 3.18. The van der Waals surface area contributed by atoms with Crippen LogP contribution in [0.25, 0.3) is 10.9 Å². The quantitative estimate of drug-likeness (QED) is 0.774. The molecule has 2 N–H and O–H groups in total. The number of hydrogen-bond acceptors (Lipinski definition) is 5. The van der Waals surface area contributed by atoms with Gasteiger partial charge in [-0.25, -0.2) is 17.8 Å². The molecule has 0 fully saturated rings. The molecule has 2 heterocycles. The van der Waals surface area contributed by atoms with Crippen LogP contribution in [0.15, 0.2) is 22.4 Å². The van der Waals surface area contributed by atoms with Crippen molar-refractivity contribution in [2.75, 3.05) is 4.72 Å². The monoisotopic (exact) mass is 326 g/mol. The lowest BCUT2D eigenvalue weighted by Crippen LogP contribution is -2.13. The second kappa shape index (κ2) is 4.78. The third-order valence-electron chi connectivity index (χ3n) is 2.86. The minimum Gasteiger partial charge on any atom is -0.276 e. The van der Waals surface area contributed by atoms with Gasteiger partial charge in [-0.15, -0.1) is 11.3 Å². The Morgan fingerprint density at radius 2 is 2.10 bits per heavy atom. The van der Waals surface area contributed by atoms with E-state index in [2.05, 4.69) is 19.9 Å². The number of fused-ring (bicyclic) bond motifs is 1. The first-order valence-corrected chi connectivity index (χ1v) is 8.27. The van der Waals surface area contributed by atoms with Crippen molar-refractivity contribution in [1.29, 1.82) is 0 Å². The zero-order valence-corrected chi connectivity index (χ0v) is 12.8. The number of H-pyrrole nitrogens is 1. The lowest BCUT2D eigenvalue weighted by Gasteiger charge is -2.04. The topological polar surface area (TPSA) is 87.7 Å².